The molecule has 1 atom stereocenters. The average Bonchev–Trinajstić information content (AvgIpc) is 3.96. The number of rotatable bonds is 64. The first kappa shape index (κ1) is 77.9. The number of aliphatic hydroxyl groups is 1. The van der Waals surface area contributed by atoms with Gasteiger partial charge >= 0.3 is 0 Å². The Bertz CT molecular complexity index is 1850. The van der Waals surface area contributed by atoms with Gasteiger partial charge in [-0.05, 0) is 56.4 Å². The van der Waals surface area contributed by atoms with Gasteiger partial charge in [-0.25, -0.2) is 13.6 Å². The van der Waals surface area contributed by atoms with E-state index in [1.54, 1.807) is 0 Å². The number of sulfonamides is 1. The summed E-state index contributed by atoms with van der Waals surface area (Å²) in [4.78, 5) is 51.0. The molecule has 5 N–H and O–H groups in total. The number of nitrogens with one attached hydrogen (secondary N) is 2. The number of carbonyl (C=O) groups excluding carboxylic acids is 4. The second-order valence-electron chi connectivity index (χ2n) is 20.1. The molecule has 0 saturated carbocycles. The Balaban J connectivity index is 1.20. The molecule has 488 valence electrons. The number of benzene rings is 1. The number of hydrogen-bond donors (Lipinski definition) is 4. The van der Waals surface area contributed by atoms with Crippen LogP contribution < -0.4 is 15.8 Å². The normalized spacial score (nSPS) is 13.6. The molecule has 84 heavy (non-hydrogen) atoms. The molecule has 0 radical (unpaired) electrons. The smallest absolute Gasteiger partial charge is 0.251 e. The molecule has 1 aliphatic rings. The number of nitrogens with zero attached hydrogens (tertiary/aromatic N) is 1. The van der Waals surface area contributed by atoms with Gasteiger partial charge in [-0.2, -0.15) is 0 Å². The van der Waals surface area contributed by atoms with Gasteiger partial charge in [-0.15, -0.1) is 11.8 Å². The first-order valence-electron chi connectivity index (χ1n) is 30.9. The third kappa shape index (κ3) is 46.9. The number of aliphatic hydroxyl groups excluding tert-OH is 1. The van der Waals surface area contributed by atoms with E-state index in [-0.39, 0.29) is 67.7 Å². The van der Waals surface area contributed by atoms with Crippen molar-refractivity contribution in [2.45, 2.75) is 145 Å². The summed E-state index contributed by atoms with van der Waals surface area (Å²) in [6, 6.07) is 5.29. The molecule has 1 heterocycles. The lowest BCUT2D eigenvalue weighted by Crippen LogP contribution is -2.33. The highest BCUT2D eigenvalue weighted by molar-refractivity contribution is 8.76. The maximum atomic E-state index is 12.8. The molecular formula is C59H106N4O17S4. The molecule has 0 bridgehead atoms. The van der Waals surface area contributed by atoms with Crippen molar-refractivity contribution in [3.63, 3.8) is 0 Å². The van der Waals surface area contributed by atoms with Crippen LogP contribution in [0.15, 0.2) is 29.2 Å². The van der Waals surface area contributed by atoms with E-state index in [2.05, 4.69) is 32.2 Å². The zero-order valence-corrected chi connectivity index (χ0v) is 53.7. The molecule has 0 aliphatic carbocycles. The van der Waals surface area contributed by atoms with Crippen molar-refractivity contribution in [2.75, 3.05) is 176 Å². The summed E-state index contributed by atoms with van der Waals surface area (Å²) in [5, 5.41) is 18.7. The third-order valence-corrected chi connectivity index (χ3v) is 17.7. The number of ether oxygens (including phenoxy) is 10. The monoisotopic (exact) mass is 1270 g/mol. The molecule has 1 saturated heterocycles. The fraction of sp³-hybridized carbons (Fsp3) is 0.831. The molecule has 1 aliphatic heterocycles. The molecule has 0 spiro atoms. The summed E-state index contributed by atoms with van der Waals surface area (Å²) in [7, 11) is 0.308. The van der Waals surface area contributed by atoms with Crippen LogP contribution in [0.5, 0.6) is 0 Å². The molecule has 4 amide bonds. The van der Waals surface area contributed by atoms with Gasteiger partial charge in [0.2, 0.25) is 27.7 Å². The van der Waals surface area contributed by atoms with E-state index in [0.717, 1.165) is 26.1 Å². The van der Waals surface area contributed by atoms with E-state index in [1.165, 1.54) is 155 Å². The number of hydrogen-bond acceptors (Lipinski definition) is 20. The minimum atomic E-state index is -3.83. The van der Waals surface area contributed by atoms with Crippen LogP contribution in [0.4, 0.5) is 0 Å². The maximum Gasteiger partial charge on any atom is 0.251 e. The van der Waals surface area contributed by atoms with E-state index in [0.29, 0.717) is 137 Å². The zero-order chi connectivity index (χ0) is 60.5. The third-order valence-electron chi connectivity index (χ3n) is 13.0. The molecule has 1 fully saturated rings. The number of amides is 4. The molecular weight excluding hydrogens is 1160 g/mol. The van der Waals surface area contributed by atoms with Crippen molar-refractivity contribution in [2.24, 2.45) is 5.14 Å². The van der Waals surface area contributed by atoms with Gasteiger partial charge in [-0.3, -0.25) is 24.1 Å². The van der Waals surface area contributed by atoms with Crippen LogP contribution >= 0.6 is 33.3 Å². The second-order valence-corrected chi connectivity index (χ2v) is 25.7. The Morgan fingerprint density at radius 2 is 0.869 bits per heavy atom. The van der Waals surface area contributed by atoms with Crippen LogP contribution in [0.3, 0.4) is 0 Å². The maximum absolute atomic E-state index is 12.8. The highest BCUT2D eigenvalue weighted by Crippen LogP contribution is 2.26. The SMILES string of the molecule is NS(=O)(=O)c1ccc(C(=O)NCCOCCOCCSC2CC(=O)N(CCCC(=O)NCCOCCOCCOCCOCCOCCCCCCCCCCCSSCCCCCCCCCCCOCCOCCOCCO)C2=O)cc1. The van der Waals surface area contributed by atoms with Crippen LogP contribution in [0.1, 0.15) is 145 Å². The van der Waals surface area contributed by atoms with Crippen molar-refractivity contribution in [3.8, 4) is 0 Å². The quantitative estimate of drug-likeness (QED) is 0.0281. The van der Waals surface area contributed by atoms with Crippen molar-refractivity contribution in [3.05, 3.63) is 29.8 Å². The molecule has 0 aromatic heterocycles. The molecule has 2 rings (SSSR count). The summed E-state index contributed by atoms with van der Waals surface area (Å²) in [5.41, 5.74) is 0.294. The minimum absolute atomic E-state index is 0.0528. The molecule has 1 unspecified atom stereocenters. The number of thioether (sulfide) groups is 1. The summed E-state index contributed by atoms with van der Waals surface area (Å²) in [5.74, 6) is 2.06. The topological polar surface area (TPSA) is 268 Å². The summed E-state index contributed by atoms with van der Waals surface area (Å²) in [6.07, 6.45) is 24.2. The number of likely N-dealkylation sites (tertiary alicyclic amines) is 1. The van der Waals surface area contributed by atoms with E-state index in [4.69, 9.17) is 57.6 Å². The number of imide groups is 1. The van der Waals surface area contributed by atoms with E-state index in [9.17, 15) is 27.6 Å². The van der Waals surface area contributed by atoms with Crippen LogP contribution in [0, 0.1) is 0 Å². The minimum Gasteiger partial charge on any atom is -0.394 e. The average molecular weight is 1270 g/mol. The van der Waals surface area contributed by atoms with Crippen molar-refractivity contribution in [1.29, 1.82) is 0 Å². The van der Waals surface area contributed by atoms with Gasteiger partial charge in [0.1, 0.15) is 0 Å². The zero-order valence-electron chi connectivity index (χ0n) is 50.5. The number of primary sulfonamides is 1. The van der Waals surface area contributed by atoms with Gasteiger partial charge in [0.05, 0.1) is 136 Å². The fourth-order valence-electron chi connectivity index (χ4n) is 8.38. The van der Waals surface area contributed by atoms with E-state index in [1.807, 2.05) is 0 Å². The standard InChI is InChI=1S/C59H106N4O17S4/c60-84(69,70)54-23-21-53(22-24-54)58(67)62-26-32-74-37-47-80-48-51-81-55-52-57(66)63(59(55)68)27-19-20-56(65)61-25-31-73-36-41-78-44-46-79-45-43-77-40-35-72-30-16-12-8-4-2-6-10-14-18-50-83-82-49-17-13-9-5-1-3-7-11-15-29-71-34-39-76-42-38-75-33-28-64/h21-24,55,64H,1-20,25-52H2,(H,61,65)(H,62,67)(H2,60,69,70). The number of carbonyl (C=O) groups is 4. The first-order chi connectivity index (χ1) is 41.1. The first-order valence-corrected chi connectivity index (χ1v) is 36.0. The lowest BCUT2D eigenvalue weighted by atomic mass is 10.1. The summed E-state index contributed by atoms with van der Waals surface area (Å²) < 4.78 is 77.9. The van der Waals surface area contributed by atoms with Gasteiger partial charge in [0.15, 0.2) is 0 Å². The number of unbranched alkanes of at least 4 members (excludes halogenated alkanes) is 16. The lowest BCUT2D eigenvalue weighted by molar-refractivity contribution is -0.138. The molecule has 1 aromatic rings. The van der Waals surface area contributed by atoms with Crippen molar-refractivity contribution in [1.82, 2.24) is 15.5 Å². The Labute approximate surface area is 515 Å². The van der Waals surface area contributed by atoms with Gasteiger partial charge in [-0.1, -0.05) is 111 Å². The van der Waals surface area contributed by atoms with Crippen LogP contribution in [-0.4, -0.2) is 223 Å². The lowest BCUT2D eigenvalue weighted by Gasteiger charge is -2.15. The van der Waals surface area contributed by atoms with Crippen LogP contribution in [0.2, 0.25) is 0 Å². The van der Waals surface area contributed by atoms with Crippen LogP contribution in [0.25, 0.3) is 0 Å². The van der Waals surface area contributed by atoms with Crippen molar-refractivity contribution >= 4 is 67.0 Å². The van der Waals surface area contributed by atoms with Gasteiger partial charge in [0.25, 0.3) is 5.91 Å². The summed E-state index contributed by atoms with van der Waals surface area (Å²) in [6.45, 7) is 10.6. The van der Waals surface area contributed by atoms with Gasteiger partial charge in [0, 0.05) is 68.5 Å². The van der Waals surface area contributed by atoms with E-state index < -0.39 is 15.3 Å². The highest BCUT2D eigenvalue weighted by Gasteiger charge is 2.38. The Hall–Kier alpha value is -2.18. The predicted octanol–water partition coefficient (Wildman–Crippen LogP) is 7.38. The molecule has 21 nitrogen and oxygen atoms in total. The second kappa shape index (κ2) is 57.3. The Morgan fingerprint density at radius 1 is 0.488 bits per heavy atom. The number of nitrogens with two attached hydrogens (primary N) is 1. The highest BCUT2D eigenvalue weighted by atomic mass is 33.1. The van der Waals surface area contributed by atoms with Crippen molar-refractivity contribution < 1.29 is 80.1 Å². The van der Waals surface area contributed by atoms with E-state index >= 15 is 0 Å². The largest absolute Gasteiger partial charge is 0.394 e. The molecule has 25 heteroatoms. The summed E-state index contributed by atoms with van der Waals surface area (Å²) >= 11 is 1.36. The Morgan fingerprint density at radius 3 is 1.31 bits per heavy atom. The van der Waals surface area contributed by atoms with Crippen LogP contribution in [-0.2, 0) is 71.8 Å². The Kier molecular flexibility index (Phi) is 53.1. The fourth-order valence-corrected chi connectivity index (χ4v) is 12.2. The predicted molar refractivity (Wildman–Crippen MR) is 333 cm³/mol. The molecule has 1 aromatic carbocycles. The van der Waals surface area contributed by atoms with Gasteiger partial charge < -0.3 is 63.1 Å².